The van der Waals surface area contributed by atoms with Crippen LogP contribution in [0.1, 0.15) is 11.1 Å². The van der Waals surface area contributed by atoms with Gasteiger partial charge < -0.3 is 5.11 Å². The maximum atomic E-state index is 12.0. The molecular weight excluding hydrogens is 381 g/mol. The number of aromatic hydroxyl groups is 1. The van der Waals surface area contributed by atoms with Crippen LogP contribution >= 0.6 is 35.0 Å². The predicted molar refractivity (Wildman–Crippen MR) is 103 cm³/mol. The van der Waals surface area contributed by atoms with Crippen LogP contribution < -0.4 is 5.32 Å². The largest absolute Gasteiger partial charge is 0.507 e. The normalized spacial score (nSPS) is 17.6. The van der Waals surface area contributed by atoms with Crippen molar-refractivity contribution in [1.82, 2.24) is 5.32 Å². The first-order chi connectivity index (χ1) is 12.0. The number of amides is 1. The molecule has 1 heterocycles. The third kappa shape index (κ3) is 4.63. The zero-order valence-electron chi connectivity index (χ0n) is 12.6. The first-order valence-electron chi connectivity index (χ1n) is 7.07. The fourth-order valence-electron chi connectivity index (χ4n) is 1.95. The molecule has 126 valence electrons. The molecule has 5 nitrogen and oxygen atoms in total. The van der Waals surface area contributed by atoms with Gasteiger partial charge in [-0.05, 0) is 53.7 Å². The van der Waals surface area contributed by atoms with Gasteiger partial charge >= 0.3 is 0 Å². The molecule has 1 aliphatic rings. The lowest BCUT2D eigenvalue weighted by Gasteiger charge is -2.00. The summed E-state index contributed by atoms with van der Waals surface area (Å²) in [6.45, 7) is 0. The Kier molecular flexibility index (Phi) is 5.43. The SMILES string of the molecule is O=C1N/C(=N\N=C\c2ccc(Cl)cc2)S/C1=C/c1cc(Cl)ccc1O. The first-order valence-corrected chi connectivity index (χ1v) is 8.64. The zero-order valence-corrected chi connectivity index (χ0v) is 14.9. The van der Waals surface area contributed by atoms with Gasteiger partial charge in [0.2, 0.25) is 0 Å². The van der Waals surface area contributed by atoms with Crippen molar-refractivity contribution in [3.8, 4) is 5.75 Å². The highest BCUT2D eigenvalue weighted by atomic mass is 35.5. The molecule has 0 aromatic heterocycles. The lowest BCUT2D eigenvalue weighted by Crippen LogP contribution is -2.19. The topological polar surface area (TPSA) is 74.0 Å². The van der Waals surface area contributed by atoms with Crippen molar-refractivity contribution in [3.05, 3.63) is 68.5 Å². The van der Waals surface area contributed by atoms with E-state index in [0.717, 1.165) is 17.3 Å². The molecule has 0 aliphatic carbocycles. The third-order valence-electron chi connectivity index (χ3n) is 3.15. The maximum absolute atomic E-state index is 12.0. The first kappa shape index (κ1) is 17.5. The number of carbonyl (C=O) groups excluding carboxylic acids is 1. The fraction of sp³-hybridized carbons (Fsp3) is 0. The van der Waals surface area contributed by atoms with E-state index >= 15 is 0 Å². The van der Waals surface area contributed by atoms with Crippen LogP contribution in [0.15, 0.2) is 57.6 Å². The number of halogens is 2. The molecule has 0 unspecified atom stereocenters. The molecule has 3 rings (SSSR count). The molecule has 1 saturated heterocycles. The third-order valence-corrected chi connectivity index (χ3v) is 4.54. The Morgan fingerprint density at radius 2 is 1.80 bits per heavy atom. The molecular formula is C17H11Cl2N3O2S. The van der Waals surface area contributed by atoms with Gasteiger partial charge in [0.25, 0.3) is 5.91 Å². The predicted octanol–water partition coefficient (Wildman–Crippen LogP) is 4.29. The van der Waals surface area contributed by atoms with Gasteiger partial charge in [-0.25, -0.2) is 0 Å². The summed E-state index contributed by atoms with van der Waals surface area (Å²) in [5, 5.41) is 21.8. The smallest absolute Gasteiger partial charge is 0.264 e. The van der Waals surface area contributed by atoms with Crippen molar-refractivity contribution in [2.45, 2.75) is 0 Å². The van der Waals surface area contributed by atoms with Crippen LogP contribution in [-0.4, -0.2) is 22.4 Å². The molecule has 0 bridgehead atoms. The Hall–Kier alpha value is -2.28. The van der Waals surface area contributed by atoms with E-state index in [4.69, 9.17) is 23.2 Å². The number of phenols is 1. The number of rotatable bonds is 3. The zero-order chi connectivity index (χ0) is 17.8. The van der Waals surface area contributed by atoms with Crippen LogP contribution in [0.2, 0.25) is 10.0 Å². The summed E-state index contributed by atoms with van der Waals surface area (Å²) >= 11 is 12.8. The summed E-state index contributed by atoms with van der Waals surface area (Å²) in [5.41, 5.74) is 1.29. The second-order valence-corrected chi connectivity index (χ2v) is 6.87. The van der Waals surface area contributed by atoms with E-state index in [1.807, 2.05) is 0 Å². The average Bonchev–Trinajstić information content (AvgIpc) is 2.92. The van der Waals surface area contributed by atoms with Crippen LogP contribution in [0.5, 0.6) is 5.75 Å². The number of amidine groups is 1. The highest BCUT2D eigenvalue weighted by molar-refractivity contribution is 8.18. The molecule has 0 saturated carbocycles. The summed E-state index contributed by atoms with van der Waals surface area (Å²) < 4.78 is 0. The molecule has 2 aromatic rings. The highest BCUT2D eigenvalue weighted by Crippen LogP contribution is 2.30. The monoisotopic (exact) mass is 391 g/mol. The standard InChI is InChI=1S/C17H11Cl2N3O2S/c18-12-3-1-10(2-4-12)9-20-22-17-21-16(24)15(25-17)8-11-7-13(19)5-6-14(11)23/h1-9,23H,(H,21,22,24)/b15-8+,20-9+. The van der Waals surface area contributed by atoms with Crippen LogP contribution in [0.3, 0.4) is 0 Å². The number of benzene rings is 2. The van der Waals surface area contributed by atoms with Gasteiger partial charge in [0.15, 0.2) is 5.17 Å². The van der Waals surface area contributed by atoms with Gasteiger partial charge in [0.1, 0.15) is 5.75 Å². The van der Waals surface area contributed by atoms with Gasteiger partial charge in [0.05, 0.1) is 11.1 Å². The minimum Gasteiger partial charge on any atom is -0.507 e. The second-order valence-electron chi connectivity index (χ2n) is 4.97. The molecule has 1 amide bonds. The lowest BCUT2D eigenvalue weighted by molar-refractivity contribution is -0.115. The second kappa shape index (κ2) is 7.74. The van der Waals surface area contributed by atoms with Crippen LogP contribution in [0, 0.1) is 0 Å². The summed E-state index contributed by atoms with van der Waals surface area (Å²) in [5.74, 6) is -0.277. The Bertz CT molecular complexity index is 909. The fourth-order valence-corrected chi connectivity index (χ4v) is 3.03. The van der Waals surface area contributed by atoms with E-state index in [-0.39, 0.29) is 11.7 Å². The van der Waals surface area contributed by atoms with E-state index < -0.39 is 0 Å². The van der Waals surface area contributed by atoms with Crippen molar-refractivity contribution in [1.29, 1.82) is 0 Å². The van der Waals surface area contributed by atoms with Gasteiger partial charge in [-0.3, -0.25) is 10.1 Å². The Morgan fingerprint density at radius 1 is 1.08 bits per heavy atom. The van der Waals surface area contributed by atoms with Crippen molar-refractivity contribution in [2.24, 2.45) is 10.2 Å². The number of hydrogen-bond donors (Lipinski definition) is 2. The number of carbonyl (C=O) groups is 1. The van der Waals surface area contributed by atoms with E-state index in [0.29, 0.717) is 25.7 Å². The Balaban J connectivity index is 1.74. The van der Waals surface area contributed by atoms with Gasteiger partial charge in [-0.2, -0.15) is 5.10 Å². The lowest BCUT2D eigenvalue weighted by atomic mass is 10.2. The summed E-state index contributed by atoms with van der Waals surface area (Å²) in [7, 11) is 0. The molecule has 25 heavy (non-hydrogen) atoms. The molecule has 0 radical (unpaired) electrons. The molecule has 0 atom stereocenters. The van der Waals surface area contributed by atoms with Crippen molar-refractivity contribution in [3.63, 3.8) is 0 Å². The minimum atomic E-state index is -0.315. The van der Waals surface area contributed by atoms with E-state index in [1.54, 1.807) is 48.7 Å². The average molecular weight is 392 g/mol. The van der Waals surface area contributed by atoms with Crippen molar-refractivity contribution in [2.75, 3.05) is 0 Å². The number of phenolic OH excluding ortho intramolecular Hbond substituents is 1. The molecule has 2 N–H and O–H groups in total. The number of nitrogens with zero attached hydrogens (tertiary/aromatic N) is 2. The molecule has 1 fully saturated rings. The molecule has 2 aromatic carbocycles. The molecule has 8 heteroatoms. The van der Waals surface area contributed by atoms with Crippen molar-refractivity contribution < 1.29 is 9.90 Å². The number of hydrogen-bond acceptors (Lipinski definition) is 5. The van der Waals surface area contributed by atoms with Crippen LogP contribution in [-0.2, 0) is 4.79 Å². The number of nitrogens with one attached hydrogen (secondary N) is 1. The summed E-state index contributed by atoms with van der Waals surface area (Å²) in [6, 6.07) is 11.7. The maximum Gasteiger partial charge on any atom is 0.264 e. The Labute approximate surface area is 158 Å². The van der Waals surface area contributed by atoms with Crippen molar-refractivity contribution >= 4 is 58.3 Å². The van der Waals surface area contributed by atoms with Crippen LogP contribution in [0.25, 0.3) is 6.08 Å². The quantitative estimate of drug-likeness (QED) is 0.465. The van der Waals surface area contributed by atoms with E-state index in [1.165, 1.54) is 6.07 Å². The molecule has 1 aliphatic heterocycles. The van der Waals surface area contributed by atoms with Gasteiger partial charge in [-0.1, -0.05) is 35.3 Å². The van der Waals surface area contributed by atoms with Gasteiger partial charge in [0, 0.05) is 15.6 Å². The summed E-state index contributed by atoms with van der Waals surface area (Å²) in [6.07, 6.45) is 3.10. The van der Waals surface area contributed by atoms with E-state index in [9.17, 15) is 9.90 Å². The minimum absolute atomic E-state index is 0.0384. The van der Waals surface area contributed by atoms with E-state index in [2.05, 4.69) is 15.5 Å². The number of thioether (sulfide) groups is 1. The summed E-state index contributed by atoms with van der Waals surface area (Å²) in [4.78, 5) is 12.4. The Morgan fingerprint density at radius 3 is 2.56 bits per heavy atom. The molecule has 0 spiro atoms. The van der Waals surface area contributed by atoms with Crippen LogP contribution in [0.4, 0.5) is 0 Å². The highest BCUT2D eigenvalue weighted by Gasteiger charge is 2.24. The van der Waals surface area contributed by atoms with Gasteiger partial charge in [-0.15, -0.1) is 5.10 Å².